The van der Waals surface area contributed by atoms with E-state index in [0.717, 1.165) is 19.8 Å². The molecule has 2 aromatic heterocycles. The van der Waals surface area contributed by atoms with Gasteiger partial charge in [-0.3, -0.25) is 4.79 Å². The molecule has 0 bridgehead atoms. The highest BCUT2D eigenvalue weighted by Crippen LogP contribution is 2.43. The number of rotatable bonds is 0. The highest BCUT2D eigenvalue weighted by Gasteiger charge is 2.33. The van der Waals surface area contributed by atoms with Crippen molar-refractivity contribution in [3.8, 4) is 9.75 Å². The minimum atomic E-state index is -0.0105. The lowest BCUT2D eigenvalue weighted by molar-refractivity contribution is 0.103. The summed E-state index contributed by atoms with van der Waals surface area (Å²) in [6, 6.07) is 0. The van der Waals surface area contributed by atoms with Gasteiger partial charge in [0.2, 0.25) is 5.78 Å². The van der Waals surface area contributed by atoms with Gasteiger partial charge >= 0.3 is 0 Å². The third-order valence-electron chi connectivity index (χ3n) is 2.10. The topological polar surface area (TPSA) is 42.9 Å². The van der Waals surface area contributed by atoms with Crippen LogP contribution in [0.1, 0.15) is 26.2 Å². The van der Waals surface area contributed by atoms with Crippen LogP contribution in [0.25, 0.3) is 9.75 Å². The van der Waals surface area contributed by atoms with Crippen molar-refractivity contribution in [1.82, 2.24) is 9.97 Å². The molecule has 3 rings (SSSR count). The van der Waals surface area contributed by atoms with Crippen molar-refractivity contribution in [2.75, 3.05) is 0 Å². The quantitative estimate of drug-likeness (QED) is 0.586. The number of nitrogens with zero attached hydrogens (tertiary/aromatic N) is 2. The zero-order valence-corrected chi connectivity index (χ0v) is 9.25. The Balaban J connectivity index is 2.37. The van der Waals surface area contributed by atoms with Crippen LogP contribution in [-0.2, 0) is 0 Å². The maximum absolute atomic E-state index is 11.8. The van der Waals surface area contributed by atoms with E-state index in [0.29, 0.717) is 11.4 Å². The molecule has 70 valence electrons. The van der Waals surface area contributed by atoms with Gasteiger partial charge < -0.3 is 0 Å². The van der Waals surface area contributed by atoms with Crippen LogP contribution in [0.3, 0.4) is 0 Å². The molecule has 0 aromatic carbocycles. The number of hydrogen-bond donors (Lipinski definition) is 0. The summed E-state index contributed by atoms with van der Waals surface area (Å²) in [6.45, 7) is 3.84. The number of thiazole rings is 2. The monoisotopic (exact) mass is 222 g/mol. The zero-order chi connectivity index (χ0) is 9.87. The van der Waals surface area contributed by atoms with Crippen LogP contribution in [-0.4, -0.2) is 15.8 Å². The van der Waals surface area contributed by atoms with Crippen LogP contribution in [0.5, 0.6) is 0 Å². The number of aromatic nitrogens is 2. The van der Waals surface area contributed by atoms with Crippen LogP contribution in [0.4, 0.5) is 0 Å². The molecule has 14 heavy (non-hydrogen) atoms. The normalized spacial score (nSPS) is 13.1. The third-order valence-corrected chi connectivity index (χ3v) is 4.21. The van der Waals surface area contributed by atoms with Gasteiger partial charge in [0.25, 0.3) is 0 Å². The molecule has 0 aliphatic heterocycles. The Labute approximate surface area is 88.5 Å². The summed E-state index contributed by atoms with van der Waals surface area (Å²) in [6.07, 6.45) is 0. The summed E-state index contributed by atoms with van der Waals surface area (Å²) in [7, 11) is 0. The minimum Gasteiger partial charge on any atom is -0.285 e. The van der Waals surface area contributed by atoms with Crippen LogP contribution in [0.15, 0.2) is 0 Å². The maximum Gasteiger partial charge on any atom is 0.232 e. The molecular weight excluding hydrogens is 216 g/mol. The summed E-state index contributed by atoms with van der Waals surface area (Å²) >= 11 is 3.15. The van der Waals surface area contributed by atoms with Gasteiger partial charge in [-0.1, -0.05) is 0 Å². The second-order valence-corrected chi connectivity index (χ2v) is 5.56. The fourth-order valence-electron chi connectivity index (χ4n) is 1.58. The Hall–Kier alpha value is -1.07. The Bertz CT molecular complexity index is 505. The molecule has 0 atom stereocenters. The highest BCUT2D eigenvalue weighted by molar-refractivity contribution is 7.22. The molecule has 0 unspecified atom stereocenters. The lowest BCUT2D eigenvalue weighted by Crippen LogP contribution is -1.98. The van der Waals surface area contributed by atoms with Crippen molar-refractivity contribution >= 4 is 28.5 Å². The Morgan fingerprint density at radius 3 is 1.79 bits per heavy atom. The standard InChI is InChI=1S/C9H6N2OS2/c1-3-10-5-7(12)6-9(8(5)13-3)14-4(2)11-6/h1-2H3. The van der Waals surface area contributed by atoms with E-state index in [1.807, 2.05) is 13.8 Å². The van der Waals surface area contributed by atoms with Crippen molar-refractivity contribution in [3.63, 3.8) is 0 Å². The van der Waals surface area contributed by atoms with Crippen LogP contribution >= 0.6 is 22.7 Å². The highest BCUT2D eigenvalue weighted by atomic mass is 32.1. The predicted molar refractivity (Wildman–Crippen MR) is 56.1 cm³/mol. The lowest BCUT2D eigenvalue weighted by atomic mass is 10.3. The SMILES string of the molecule is Cc1nc2c(s1)-c1sc(C)nc1C2=O. The van der Waals surface area contributed by atoms with E-state index in [4.69, 9.17) is 0 Å². The van der Waals surface area contributed by atoms with E-state index in [1.54, 1.807) is 22.7 Å². The molecule has 0 fully saturated rings. The van der Waals surface area contributed by atoms with Crippen LogP contribution in [0, 0.1) is 13.8 Å². The number of fused-ring (bicyclic) bond motifs is 3. The molecule has 0 N–H and O–H groups in total. The molecule has 3 nitrogen and oxygen atoms in total. The van der Waals surface area contributed by atoms with E-state index >= 15 is 0 Å². The molecule has 2 aromatic rings. The first-order valence-electron chi connectivity index (χ1n) is 4.17. The fourth-order valence-corrected chi connectivity index (χ4v) is 3.55. The maximum atomic E-state index is 11.8. The molecule has 0 saturated carbocycles. The van der Waals surface area contributed by atoms with Gasteiger partial charge in [0.1, 0.15) is 11.4 Å². The number of hydrogen-bond acceptors (Lipinski definition) is 5. The summed E-state index contributed by atoms with van der Waals surface area (Å²) < 4.78 is 0. The van der Waals surface area contributed by atoms with Gasteiger partial charge in [-0.2, -0.15) is 0 Å². The van der Waals surface area contributed by atoms with Crippen molar-refractivity contribution < 1.29 is 4.79 Å². The number of carbonyl (C=O) groups is 1. The van der Waals surface area contributed by atoms with Gasteiger partial charge in [-0.25, -0.2) is 9.97 Å². The van der Waals surface area contributed by atoms with E-state index in [1.165, 1.54) is 0 Å². The van der Waals surface area contributed by atoms with Crippen molar-refractivity contribution in [2.24, 2.45) is 0 Å². The number of ketones is 1. The molecule has 2 heterocycles. The van der Waals surface area contributed by atoms with Gasteiger partial charge in [0, 0.05) is 0 Å². The third kappa shape index (κ3) is 0.883. The first kappa shape index (κ1) is 8.26. The average Bonchev–Trinajstić information content (AvgIpc) is 2.71. The summed E-state index contributed by atoms with van der Waals surface area (Å²) in [5.41, 5.74) is 1.20. The lowest BCUT2D eigenvalue weighted by Gasteiger charge is -1.84. The van der Waals surface area contributed by atoms with E-state index < -0.39 is 0 Å². The Kier molecular flexibility index (Phi) is 1.47. The zero-order valence-electron chi connectivity index (χ0n) is 7.62. The molecule has 1 aliphatic rings. The molecule has 0 amide bonds. The molecule has 1 aliphatic carbocycles. The molecular formula is C9H6N2OS2. The molecule has 0 saturated heterocycles. The van der Waals surface area contributed by atoms with Gasteiger partial charge in [0.15, 0.2) is 0 Å². The van der Waals surface area contributed by atoms with E-state index in [2.05, 4.69) is 9.97 Å². The summed E-state index contributed by atoms with van der Waals surface area (Å²) in [5.74, 6) is -0.0105. The smallest absolute Gasteiger partial charge is 0.232 e. The van der Waals surface area contributed by atoms with Gasteiger partial charge in [-0.05, 0) is 13.8 Å². The largest absolute Gasteiger partial charge is 0.285 e. The first-order chi connectivity index (χ1) is 6.66. The molecule has 0 radical (unpaired) electrons. The van der Waals surface area contributed by atoms with Gasteiger partial charge in [-0.15, -0.1) is 22.7 Å². The van der Waals surface area contributed by atoms with Crippen LogP contribution < -0.4 is 0 Å². The predicted octanol–water partition coefficient (Wildman–Crippen LogP) is 2.43. The minimum absolute atomic E-state index is 0.0105. The van der Waals surface area contributed by atoms with Gasteiger partial charge in [0.05, 0.1) is 19.8 Å². The fraction of sp³-hybridized carbons (Fsp3) is 0.222. The van der Waals surface area contributed by atoms with E-state index in [9.17, 15) is 4.79 Å². The second-order valence-electron chi connectivity index (χ2n) is 3.15. The Morgan fingerprint density at radius 1 is 0.929 bits per heavy atom. The number of aryl methyl sites for hydroxylation is 2. The molecule has 0 spiro atoms. The molecule has 5 heteroatoms. The van der Waals surface area contributed by atoms with Crippen LogP contribution in [0.2, 0.25) is 0 Å². The second kappa shape index (κ2) is 2.49. The summed E-state index contributed by atoms with van der Waals surface area (Å²) in [5, 5.41) is 1.89. The number of carbonyl (C=O) groups excluding carboxylic acids is 1. The average molecular weight is 222 g/mol. The van der Waals surface area contributed by atoms with Crippen molar-refractivity contribution in [2.45, 2.75) is 13.8 Å². The van der Waals surface area contributed by atoms with Crippen molar-refractivity contribution in [1.29, 1.82) is 0 Å². The Morgan fingerprint density at radius 2 is 1.36 bits per heavy atom. The first-order valence-corrected chi connectivity index (χ1v) is 5.80. The summed E-state index contributed by atoms with van der Waals surface area (Å²) in [4.78, 5) is 22.3. The van der Waals surface area contributed by atoms with Crippen molar-refractivity contribution in [3.05, 3.63) is 21.4 Å². The van der Waals surface area contributed by atoms with E-state index in [-0.39, 0.29) is 5.78 Å².